The van der Waals surface area contributed by atoms with Crippen LogP contribution in [0.2, 0.25) is 5.02 Å². The van der Waals surface area contributed by atoms with E-state index >= 15 is 0 Å². The first kappa shape index (κ1) is 18.8. The Kier molecular flexibility index (Phi) is 7.16. The molecule has 5 heteroatoms. The van der Waals surface area contributed by atoms with E-state index in [-0.39, 0.29) is 17.3 Å². The minimum Gasteiger partial charge on any atom is -0.374 e. The van der Waals surface area contributed by atoms with Crippen molar-refractivity contribution in [2.45, 2.75) is 43.6 Å². The van der Waals surface area contributed by atoms with Crippen molar-refractivity contribution in [2.75, 3.05) is 5.32 Å². The molecule has 0 aliphatic rings. The Morgan fingerprint density at radius 3 is 2.54 bits per heavy atom. The predicted molar refractivity (Wildman–Crippen MR) is 102 cm³/mol. The van der Waals surface area contributed by atoms with E-state index in [0.717, 1.165) is 16.1 Å². The standard InChI is InChI=1S/C19H22ClNO2S/c1-13(2)23-12-15-5-4-6-17(11-15)21-19(22)14(3)24-18-9-7-16(20)8-10-18/h4-11,13-14H,12H2,1-3H3,(H,21,22). The Morgan fingerprint density at radius 2 is 1.88 bits per heavy atom. The van der Waals surface area contributed by atoms with Crippen LogP contribution in [0.3, 0.4) is 0 Å². The van der Waals surface area contributed by atoms with Gasteiger partial charge in [-0.1, -0.05) is 23.7 Å². The summed E-state index contributed by atoms with van der Waals surface area (Å²) in [5.41, 5.74) is 1.83. The van der Waals surface area contributed by atoms with Crippen LogP contribution in [-0.2, 0) is 16.1 Å². The SMILES string of the molecule is CC(C)OCc1cccc(NC(=O)C(C)Sc2ccc(Cl)cc2)c1. The zero-order valence-electron chi connectivity index (χ0n) is 14.1. The summed E-state index contributed by atoms with van der Waals surface area (Å²) in [5, 5.41) is 3.44. The largest absolute Gasteiger partial charge is 0.374 e. The number of nitrogens with one attached hydrogen (secondary N) is 1. The van der Waals surface area contributed by atoms with Gasteiger partial charge in [0.1, 0.15) is 0 Å². The molecule has 1 unspecified atom stereocenters. The maximum Gasteiger partial charge on any atom is 0.237 e. The lowest BCUT2D eigenvalue weighted by atomic mass is 10.2. The van der Waals surface area contributed by atoms with Gasteiger partial charge >= 0.3 is 0 Å². The number of carbonyl (C=O) groups excluding carboxylic acids is 1. The van der Waals surface area contributed by atoms with E-state index in [1.165, 1.54) is 11.8 Å². The zero-order valence-corrected chi connectivity index (χ0v) is 15.7. The Morgan fingerprint density at radius 1 is 1.17 bits per heavy atom. The molecule has 24 heavy (non-hydrogen) atoms. The Bertz CT molecular complexity index is 673. The summed E-state index contributed by atoms with van der Waals surface area (Å²) in [6, 6.07) is 15.2. The number of thioether (sulfide) groups is 1. The van der Waals surface area contributed by atoms with E-state index in [2.05, 4.69) is 5.32 Å². The second-order valence-corrected chi connectivity index (χ2v) is 7.61. The van der Waals surface area contributed by atoms with Gasteiger partial charge in [-0.2, -0.15) is 0 Å². The van der Waals surface area contributed by atoms with Crippen LogP contribution in [0.4, 0.5) is 5.69 Å². The van der Waals surface area contributed by atoms with Crippen molar-refractivity contribution >= 4 is 35.0 Å². The van der Waals surface area contributed by atoms with Gasteiger partial charge in [-0.15, -0.1) is 11.8 Å². The fraction of sp³-hybridized carbons (Fsp3) is 0.316. The number of amides is 1. The molecule has 0 fully saturated rings. The monoisotopic (exact) mass is 363 g/mol. The van der Waals surface area contributed by atoms with Gasteiger partial charge in [0, 0.05) is 15.6 Å². The summed E-state index contributed by atoms with van der Waals surface area (Å²) >= 11 is 7.38. The van der Waals surface area contributed by atoms with E-state index in [9.17, 15) is 4.79 Å². The summed E-state index contributed by atoms with van der Waals surface area (Å²) in [4.78, 5) is 13.4. The van der Waals surface area contributed by atoms with Gasteiger partial charge < -0.3 is 10.1 Å². The van der Waals surface area contributed by atoms with E-state index in [1.54, 1.807) is 0 Å². The average Bonchev–Trinajstić information content (AvgIpc) is 2.55. The van der Waals surface area contributed by atoms with Crippen LogP contribution in [0.25, 0.3) is 0 Å². The third-order valence-electron chi connectivity index (χ3n) is 3.27. The van der Waals surface area contributed by atoms with Crippen molar-refractivity contribution in [3.63, 3.8) is 0 Å². The third-order valence-corrected chi connectivity index (χ3v) is 4.64. The summed E-state index contributed by atoms with van der Waals surface area (Å²) in [5.74, 6) is -0.0307. The highest BCUT2D eigenvalue weighted by atomic mass is 35.5. The van der Waals surface area contributed by atoms with Crippen LogP contribution in [0.5, 0.6) is 0 Å². The van der Waals surface area contributed by atoms with Crippen LogP contribution in [0.1, 0.15) is 26.3 Å². The van der Waals surface area contributed by atoms with E-state index < -0.39 is 0 Å². The molecule has 1 atom stereocenters. The number of hydrogen-bond acceptors (Lipinski definition) is 3. The molecule has 0 radical (unpaired) electrons. The molecule has 0 aromatic heterocycles. The van der Waals surface area contributed by atoms with Crippen molar-refractivity contribution in [3.05, 3.63) is 59.1 Å². The van der Waals surface area contributed by atoms with Crippen LogP contribution in [0, 0.1) is 0 Å². The molecular weight excluding hydrogens is 342 g/mol. The number of rotatable bonds is 7. The van der Waals surface area contributed by atoms with Crippen molar-refractivity contribution in [3.8, 4) is 0 Å². The van der Waals surface area contributed by atoms with Gasteiger partial charge in [0.15, 0.2) is 0 Å². The maximum atomic E-state index is 12.4. The number of halogens is 1. The Hall–Kier alpha value is -1.49. The number of benzene rings is 2. The lowest BCUT2D eigenvalue weighted by molar-refractivity contribution is -0.115. The topological polar surface area (TPSA) is 38.3 Å². The van der Waals surface area contributed by atoms with Crippen LogP contribution in [-0.4, -0.2) is 17.3 Å². The molecule has 3 nitrogen and oxygen atoms in total. The van der Waals surface area contributed by atoms with Gasteiger partial charge in [0.2, 0.25) is 5.91 Å². The molecule has 128 valence electrons. The minimum absolute atomic E-state index is 0.0307. The van der Waals surface area contributed by atoms with Crippen molar-refractivity contribution in [2.24, 2.45) is 0 Å². The molecule has 2 aromatic carbocycles. The second kappa shape index (κ2) is 9.11. The smallest absolute Gasteiger partial charge is 0.237 e. The molecular formula is C19H22ClNO2S. The second-order valence-electron chi connectivity index (χ2n) is 5.76. The van der Waals surface area contributed by atoms with Crippen LogP contribution >= 0.6 is 23.4 Å². The highest BCUT2D eigenvalue weighted by Crippen LogP contribution is 2.25. The minimum atomic E-state index is -0.207. The molecule has 0 saturated carbocycles. The summed E-state index contributed by atoms with van der Waals surface area (Å²) in [6.45, 7) is 6.43. The van der Waals surface area contributed by atoms with Crippen molar-refractivity contribution in [1.29, 1.82) is 0 Å². The molecule has 0 bridgehead atoms. The van der Waals surface area contributed by atoms with Gasteiger partial charge in [-0.3, -0.25) is 4.79 Å². The highest BCUT2D eigenvalue weighted by Gasteiger charge is 2.14. The number of carbonyl (C=O) groups is 1. The molecule has 0 saturated heterocycles. The quantitative estimate of drug-likeness (QED) is 0.671. The molecule has 2 rings (SSSR count). The summed E-state index contributed by atoms with van der Waals surface area (Å²) in [6.07, 6.45) is 0.180. The summed E-state index contributed by atoms with van der Waals surface area (Å²) in [7, 11) is 0. The molecule has 0 heterocycles. The molecule has 0 aliphatic heterocycles. The lowest BCUT2D eigenvalue weighted by Gasteiger charge is -2.13. The normalized spacial score (nSPS) is 12.2. The molecule has 0 aliphatic carbocycles. The van der Waals surface area contributed by atoms with E-state index in [4.69, 9.17) is 16.3 Å². The van der Waals surface area contributed by atoms with Crippen LogP contribution in [0.15, 0.2) is 53.4 Å². The first-order valence-electron chi connectivity index (χ1n) is 7.87. The summed E-state index contributed by atoms with van der Waals surface area (Å²) < 4.78 is 5.60. The zero-order chi connectivity index (χ0) is 17.5. The number of anilines is 1. The molecule has 2 aromatic rings. The molecule has 0 spiro atoms. The lowest BCUT2D eigenvalue weighted by Crippen LogP contribution is -2.22. The maximum absolute atomic E-state index is 12.4. The molecule has 1 N–H and O–H groups in total. The highest BCUT2D eigenvalue weighted by molar-refractivity contribution is 8.00. The molecule has 1 amide bonds. The number of ether oxygens (including phenoxy) is 1. The van der Waals surface area contributed by atoms with Gasteiger partial charge in [0.05, 0.1) is 18.0 Å². The fourth-order valence-corrected chi connectivity index (χ4v) is 3.01. The first-order chi connectivity index (χ1) is 11.4. The Labute approximate surface area is 152 Å². The van der Waals surface area contributed by atoms with Gasteiger partial charge in [-0.25, -0.2) is 0 Å². The van der Waals surface area contributed by atoms with E-state index in [1.807, 2.05) is 69.3 Å². The number of hydrogen-bond donors (Lipinski definition) is 1. The average molecular weight is 364 g/mol. The first-order valence-corrected chi connectivity index (χ1v) is 9.13. The van der Waals surface area contributed by atoms with Crippen molar-refractivity contribution in [1.82, 2.24) is 0 Å². The third kappa shape index (κ3) is 6.19. The van der Waals surface area contributed by atoms with Gasteiger partial charge in [0.25, 0.3) is 0 Å². The fourth-order valence-electron chi connectivity index (χ4n) is 2.02. The Balaban J connectivity index is 1.93. The predicted octanol–water partition coefficient (Wildman–Crippen LogP) is 5.38. The van der Waals surface area contributed by atoms with E-state index in [0.29, 0.717) is 11.6 Å². The van der Waals surface area contributed by atoms with Crippen LogP contribution < -0.4 is 5.32 Å². The van der Waals surface area contributed by atoms with Crippen molar-refractivity contribution < 1.29 is 9.53 Å². The van der Waals surface area contributed by atoms with Gasteiger partial charge in [-0.05, 0) is 62.7 Å².